The number of ether oxygens (including phenoxy) is 2. The fourth-order valence-corrected chi connectivity index (χ4v) is 1.83. The lowest BCUT2D eigenvalue weighted by molar-refractivity contribution is -0.126. The third-order valence-corrected chi connectivity index (χ3v) is 3.11. The number of carbonyl (C=O) groups is 3. The zero-order valence-electron chi connectivity index (χ0n) is 11.7. The number of urea groups is 1. The van der Waals surface area contributed by atoms with E-state index in [-0.39, 0.29) is 0 Å². The van der Waals surface area contributed by atoms with E-state index in [4.69, 9.17) is 4.74 Å². The number of hydrogen-bond donors (Lipinski definition) is 2. The molecule has 0 aromatic heterocycles. The lowest BCUT2D eigenvalue weighted by Gasteiger charge is -2.15. The molecule has 3 amide bonds. The van der Waals surface area contributed by atoms with Gasteiger partial charge >= 0.3 is 12.0 Å². The Hall–Kier alpha value is -2.09. The van der Waals surface area contributed by atoms with Crippen molar-refractivity contribution in [3.8, 4) is 5.75 Å². The minimum atomic E-state index is -0.887. The Balaban J connectivity index is 2.77. The second kappa shape index (κ2) is 7.63. The minimum absolute atomic E-state index is 0.346. The third-order valence-electron chi connectivity index (χ3n) is 2.49. The Bertz CT molecular complexity index is 561. The summed E-state index contributed by atoms with van der Waals surface area (Å²) in [5.74, 6) is -0.701. The van der Waals surface area contributed by atoms with E-state index in [9.17, 15) is 14.4 Å². The van der Waals surface area contributed by atoms with E-state index < -0.39 is 24.0 Å². The Kier molecular flexibility index (Phi) is 6.16. The molecule has 0 aliphatic carbocycles. The van der Waals surface area contributed by atoms with Gasteiger partial charge in [-0.3, -0.25) is 10.1 Å². The van der Waals surface area contributed by atoms with Gasteiger partial charge in [-0.05, 0) is 41.1 Å². The Morgan fingerprint density at radius 3 is 2.48 bits per heavy atom. The molecule has 0 radical (unpaired) electrons. The summed E-state index contributed by atoms with van der Waals surface area (Å²) >= 11 is 3.24. The average Bonchev–Trinajstić information content (AvgIpc) is 2.47. The number of rotatable bonds is 4. The molecule has 1 aromatic rings. The van der Waals surface area contributed by atoms with Crippen molar-refractivity contribution >= 4 is 33.8 Å². The second-order valence-electron chi connectivity index (χ2n) is 3.97. The SMILES string of the molecule is CNC(=O)NC(=O)[C@H](C)Oc1ccc(C(=O)OC)cc1Br. The first kappa shape index (κ1) is 17.0. The Morgan fingerprint density at radius 1 is 1.29 bits per heavy atom. The number of amides is 3. The van der Waals surface area contributed by atoms with Crippen molar-refractivity contribution in [3.05, 3.63) is 28.2 Å². The van der Waals surface area contributed by atoms with Crippen LogP contribution in [0.5, 0.6) is 5.75 Å². The van der Waals surface area contributed by atoms with E-state index in [0.29, 0.717) is 15.8 Å². The summed E-state index contributed by atoms with van der Waals surface area (Å²) in [5, 5.41) is 4.37. The molecule has 0 bridgehead atoms. The van der Waals surface area contributed by atoms with Crippen LogP contribution in [0.3, 0.4) is 0 Å². The molecule has 0 spiro atoms. The average molecular weight is 359 g/mol. The van der Waals surface area contributed by atoms with Crippen LogP contribution in [0.25, 0.3) is 0 Å². The van der Waals surface area contributed by atoms with Gasteiger partial charge in [0.05, 0.1) is 17.1 Å². The molecule has 1 atom stereocenters. The molecule has 0 unspecified atom stereocenters. The van der Waals surface area contributed by atoms with Crippen molar-refractivity contribution in [2.75, 3.05) is 14.2 Å². The molecule has 7 nitrogen and oxygen atoms in total. The number of halogens is 1. The third kappa shape index (κ3) is 4.75. The largest absolute Gasteiger partial charge is 0.480 e. The molecule has 0 saturated heterocycles. The predicted molar refractivity (Wildman–Crippen MR) is 78.2 cm³/mol. The zero-order chi connectivity index (χ0) is 16.0. The number of methoxy groups -OCH3 is 1. The molecular weight excluding hydrogens is 344 g/mol. The molecular formula is C13H15BrN2O5. The summed E-state index contributed by atoms with van der Waals surface area (Å²) < 4.78 is 10.5. The van der Waals surface area contributed by atoms with Gasteiger partial charge in [-0.15, -0.1) is 0 Å². The first-order chi connectivity index (χ1) is 9.88. The van der Waals surface area contributed by atoms with Crippen LogP contribution in [0.15, 0.2) is 22.7 Å². The van der Waals surface area contributed by atoms with Gasteiger partial charge in [-0.2, -0.15) is 0 Å². The highest BCUT2D eigenvalue weighted by Gasteiger charge is 2.18. The molecule has 2 N–H and O–H groups in total. The molecule has 1 aromatic carbocycles. The van der Waals surface area contributed by atoms with Gasteiger partial charge in [0.15, 0.2) is 6.10 Å². The normalized spacial score (nSPS) is 11.2. The van der Waals surface area contributed by atoms with Crippen LogP contribution in [-0.2, 0) is 9.53 Å². The maximum atomic E-state index is 11.7. The standard InChI is InChI=1S/C13H15BrN2O5/c1-7(11(17)16-13(19)15-2)21-10-5-4-8(6-9(10)14)12(18)20-3/h4-7H,1-3H3,(H2,15,16,17,19)/t7-/m0/s1. The zero-order valence-corrected chi connectivity index (χ0v) is 13.3. The van der Waals surface area contributed by atoms with E-state index in [1.54, 1.807) is 0 Å². The van der Waals surface area contributed by atoms with E-state index >= 15 is 0 Å². The number of benzene rings is 1. The lowest BCUT2D eigenvalue weighted by Crippen LogP contribution is -2.44. The van der Waals surface area contributed by atoms with Gasteiger partial charge < -0.3 is 14.8 Å². The number of hydrogen-bond acceptors (Lipinski definition) is 5. The number of carbonyl (C=O) groups excluding carboxylic acids is 3. The second-order valence-corrected chi connectivity index (χ2v) is 4.82. The van der Waals surface area contributed by atoms with Crippen LogP contribution in [0.1, 0.15) is 17.3 Å². The predicted octanol–water partition coefficient (Wildman–Crippen LogP) is 1.46. The molecule has 0 saturated carbocycles. The first-order valence-electron chi connectivity index (χ1n) is 5.96. The van der Waals surface area contributed by atoms with Gasteiger partial charge in [0.1, 0.15) is 5.75 Å². The summed E-state index contributed by atoms with van der Waals surface area (Å²) in [7, 11) is 2.68. The molecule has 0 aliphatic rings. The Labute approximate surface area is 130 Å². The van der Waals surface area contributed by atoms with Crippen molar-refractivity contribution in [1.82, 2.24) is 10.6 Å². The maximum absolute atomic E-state index is 11.7. The lowest BCUT2D eigenvalue weighted by atomic mass is 10.2. The highest BCUT2D eigenvalue weighted by molar-refractivity contribution is 9.10. The van der Waals surface area contributed by atoms with Crippen LogP contribution in [0, 0.1) is 0 Å². The first-order valence-corrected chi connectivity index (χ1v) is 6.75. The maximum Gasteiger partial charge on any atom is 0.337 e. The molecule has 8 heteroatoms. The molecule has 1 rings (SSSR count). The molecule has 0 heterocycles. The molecule has 0 aliphatic heterocycles. The number of esters is 1. The highest BCUT2D eigenvalue weighted by Crippen LogP contribution is 2.27. The van der Waals surface area contributed by atoms with Gasteiger partial charge in [0.2, 0.25) is 0 Å². The van der Waals surface area contributed by atoms with E-state index in [2.05, 4.69) is 31.3 Å². The fraction of sp³-hybridized carbons (Fsp3) is 0.308. The van der Waals surface area contributed by atoms with Gasteiger partial charge in [0.25, 0.3) is 5.91 Å². The van der Waals surface area contributed by atoms with E-state index in [1.807, 2.05) is 0 Å². The van der Waals surface area contributed by atoms with Crippen LogP contribution < -0.4 is 15.4 Å². The highest BCUT2D eigenvalue weighted by atomic mass is 79.9. The number of imide groups is 1. The molecule has 21 heavy (non-hydrogen) atoms. The number of nitrogens with one attached hydrogen (secondary N) is 2. The van der Waals surface area contributed by atoms with Crippen molar-refractivity contribution in [2.24, 2.45) is 0 Å². The van der Waals surface area contributed by atoms with Crippen LogP contribution in [0.4, 0.5) is 4.79 Å². The van der Waals surface area contributed by atoms with Crippen molar-refractivity contribution in [2.45, 2.75) is 13.0 Å². The summed E-state index contributed by atoms with van der Waals surface area (Å²) in [5.41, 5.74) is 0.346. The topological polar surface area (TPSA) is 93.7 Å². The summed E-state index contributed by atoms with van der Waals surface area (Å²) in [6, 6.07) is 3.94. The Morgan fingerprint density at radius 2 is 1.95 bits per heavy atom. The van der Waals surface area contributed by atoms with Gasteiger partial charge in [-0.25, -0.2) is 9.59 Å². The molecule has 0 fully saturated rings. The smallest absolute Gasteiger partial charge is 0.337 e. The van der Waals surface area contributed by atoms with Crippen molar-refractivity contribution < 1.29 is 23.9 Å². The van der Waals surface area contributed by atoms with Gasteiger partial charge in [-0.1, -0.05) is 0 Å². The van der Waals surface area contributed by atoms with Crippen molar-refractivity contribution in [3.63, 3.8) is 0 Å². The molecule has 114 valence electrons. The quantitative estimate of drug-likeness (QED) is 0.794. The van der Waals surface area contributed by atoms with E-state index in [1.165, 1.54) is 39.3 Å². The monoisotopic (exact) mass is 358 g/mol. The summed E-state index contributed by atoms with van der Waals surface area (Å²) in [4.78, 5) is 34.1. The van der Waals surface area contributed by atoms with E-state index in [0.717, 1.165) is 0 Å². The summed E-state index contributed by atoms with van der Waals surface area (Å²) in [6.07, 6.45) is -0.887. The summed E-state index contributed by atoms with van der Waals surface area (Å²) in [6.45, 7) is 1.50. The van der Waals surface area contributed by atoms with Crippen LogP contribution in [-0.4, -0.2) is 38.2 Å². The van der Waals surface area contributed by atoms with Gasteiger partial charge in [0, 0.05) is 7.05 Å². The van der Waals surface area contributed by atoms with Crippen LogP contribution in [0.2, 0.25) is 0 Å². The fourth-order valence-electron chi connectivity index (χ4n) is 1.36. The van der Waals surface area contributed by atoms with Crippen LogP contribution >= 0.6 is 15.9 Å². The van der Waals surface area contributed by atoms with Crippen molar-refractivity contribution in [1.29, 1.82) is 0 Å². The minimum Gasteiger partial charge on any atom is -0.480 e.